The number of hydrogen-bond donors (Lipinski definition) is 0. The zero-order chi connectivity index (χ0) is 45.2. The van der Waals surface area contributed by atoms with Crippen molar-refractivity contribution in [2.24, 2.45) is 0 Å². The van der Waals surface area contributed by atoms with Crippen LogP contribution in [0.1, 0.15) is 0 Å². The summed E-state index contributed by atoms with van der Waals surface area (Å²) in [6, 6.07) is 83.5. The van der Waals surface area contributed by atoms with Crippen LogP contribution in [-0.2, 0) is 0 Å². The number of fused-ring (bicyclic) bond motifs is 16. The largest absolute Gasteiger partial charge is 0.456 e. The van der Waals surface area contributed by atoms with Gasteiger partial charge in [-0.15, -0.1) is 11.3 Å². The number of furan rings is 2. The van der Waals surface area contributed by atoms with Gasteiger partial charge in [0.25, 0.3) is 0 Å². The van der Waals surface area contributed by atoms with Crippen molar-refractivity contribution in [3.8, 4) is 0 Å². The van der Waals surface area contributed by atoms with E-state index in [1.54, 1.807) is 0 Å². The van der Waals surface area contributed by atoms with Gasteiger partial charge in [0.1, 0.15) is 22.3 Å². The fourth-order valence-corrected chi connectivity index (χ4v) is 12.2. The Labute approximate surface area is 399 Å². The van der Waals surface area contributed by atoms with Gasteiger partial charge in [0.15, 0.2) is 0 Å². The molecule has 322 valence electrons. The Morgan fingerprint density at radius 2 is 0.667 bits per heavy atom. The molecule has 4 nitrogen and oxygen atoms in total. The highest BCUT2D eigenvalue weighted by molar-refractivity contribution is 7.27. The van der Waals surface area contributed by atoms with Crippen molar-refractivity contribution in [1.82, 2.24) is 0 Å². The maximum absolute atomic E-state index is 6.31. The zero-order valence-corrected chi connectivity index (χ0v) is 37.9. The number of nitrogens with zero attached hydrogens (tertiary/aromatic N) is 2. The maximum atomic E-state index is 6.31. The van der Waals surface area contributed by atoms with Crippen LogP contribution in [0.3, 0.4) is 0 Å². The summed E-state index contributed by atoms with van der Waals surface area (Å²) in [5.41, 5.74) is 10.1. The van der Waals surface area contributed by atoms with E-state index >= 15 is 0 Å². The number of rotatable bonds is 6. The van der Waals surface area contributed by atoms with Crippen LogP contribution >= 0.6 is 11.3 Å². The van der Waals surface area contributed by atoms with E-state index in [1.165, 1.54) is 63.3 Å². The SMILES string of the molecule is c1ccc2cc(N(c3ccc4c(c3)sc3c5ccc(N(c6ccc7ccccc7c6)c6ccc7oc8ccccc8c7c6)cc5c5ccccc5c43)c3ccc4oc5ccccc5c4c3)ccc2c1. The van der Waals surface area contributed by atoms with Crippen LogP contribution < -0.4 is 9.80 Å². The van der Waals surface area contributed by atoms with Crippen molar-refractivity contribution in [1.29, 1.82) is 0 Å². The molecular formula is C64H38N2O2S. The summed E-state index contributed by atoms with van der Waals surface area (Å²) in [5.74, 6) is 0. The Balaban J connectivity index is 0.931. The van der Waals surface area contributed by atoms with Crippen molar-refractivity contribution in [3.63, 3.8) is 0 Å². The minimum absolute atomic E-state index is 0.881. The topological polar surface area (TPSA) is 32.8 Å². The Hall–Kier alpha value is -8.90. The summed E-state index contributed by atoms with van der Waals surface area (Å²) in [5, 5.41) is 16.8. The predicted octanol–water partition coefficient (Wildman–Crippen LogP) is 19.4. The lowest BCUT2D eigenvalue weighted by molar-refractivity contribution is 0.668. The van der Waals surface area contributed by atoms with Crippen LogP contribution in [0.4, 0.5) is 34.1 Å². The third kappa shape index (κ3) is 5.94. The molecule has 0 bridgehead atoms. The maximum Gasteiger partial charge on any atom is 0.135 e. The molecule has 0 unspecified atom stereocenters. The van der Waals surface area contributed by atoms with E-state index in [9.17, 15) is 0 Å². The van der Waals surface area contributed by atoms with Gasteiger partial charge in [0.2, 0.25) is 0 Å². The second-order valence-electron chi connectivity index (χ2n) is 18.1. The lowest BCUT2D eigenvalue weighted by Gasteiger charge is -2.26. The molecule has 3 heterocycles. The normalized spacial score (nSPS) is 12.1. The smallest absolute Gasteiger partial charge is 0.135 e. The van der Waals surface area contributed by atoms with Crippen molar-refractivity contribution in [2.75, 3.05) is 9.80 Å². The molecule has 0 saturated heterocycles. The molecular weight excluding hydrogens is 861 g/mol. The molecule has 0 atom stereocenters. The van der Waals surface area contributed by atoms with Gasteiger partial charge in [-0.25, -0.2) is 0 Å². The highest BCUT2D eigenvalue weighted by Crippen LogP contribution is 2.49. The lowest BCUT2D eigenvalue weighted by atomic mass is 9.96. The molecule has 0 amide bonds. The molecule has 3 aromatic heterocycles. The Bertz CT molecular complexity index is 4600. The molecule has 15 rings (SSSR count). The quantitative estimate of drug-likeness (QED) is 0.156. The van der Waals surface area contributed by atoms with Gasteiger partial charge in [-0.05, 0) is 135 Å². The summed E-state index contributed by atoms with van der Waals surface area (Å²) in [4.78, 5) is 4.79. The molecule has 15 aromatic rings. The molecule has 0 aliphatic rings. The van der Waals surface area contributed by atoms with E-state index < -0.39 is 0 Å². The minimum Gasteiger partial charge on any atom is -0.456 e. The zero-order valence-electron chi connectivity index (χ0n) is 37.1. The molecule has 0 aliphatic heterocycles. The Morgan fingerprint density at radius 1 is 0.261 bits per heavy atom. The van der Waals surface area contributed by atoms with Crippen LogP contribution in [-0.4, -0.2) is 0 Å². The molecule has 0 aliphatic carbocycles. The van der Waals surface area contributed by atoms with E-state index in [-0.39, 0.29) is 0 Å². The molecule has 0 saturated carbocycles. The third-order valence-electron chi connectivity index (χ3n) is 14.1. The number of benzene rings is 12. The molecule has 0 N–H and O–H groups in total. The monoisotopic (exact) mass is 898 g/mol. The van der Waals surface area contributed by atoms with Gasteiger partial charge >= 0.3 is 0 Å². The van der Waals surface area contributed by atoms with Crippen LogP contribution in [0.2, 0.25) is 0 Å². The Kier molecular flexibility index (Phi) is 8.20. The van der Waals surface area contributed by atoms with Crippen molar-refractivity contribution in [2.45, 2.75) is 0 Å². The highest BCUT2D eigenvalue weighted by atomic mass is 32.1. The lowest BCUT2D eigenvalue weighted by Crippen LogP contribution is -2.10. The van der Waals surface area contributed by atoms with E-state index in [0.29, 0.717) is 0 Å². The highest BCUT2D eigenvalue weighted by Gasteiger charge is 2.22. The van der Waals surface area contributed by atoms with Gasteiger partial charge in [-0.3, -0.25) is 0 Å². The number of para-hydroxylation sites is 2. The first-order chi connectivity index (χ1) is 34.2. The van der Waals surface area contributed by atoms with Gasteiger partial charge in [0, 0.05) is 81.2 Å². The third-order valence-corrected chi connectivity index (χ3v) is 15.3. The van der Waals surface area contributed by atoms with Gasteiger partial charge in [-0.1, -0.05) is 133 Å². The molecule has 5 heteroatoms. The second-order valence-corrected chi connectivity index (χ2v) is 19.1. The van der Waals surface area contributed by atoms with E-state index in [0.717, 1.165) is 78.0 Å². The summed E-state index contributed by atoms with van der Waals surface area (Å²) >= 11 is 1.88. The van der Waals surface area contributed by atoms with Crippen molar-refractivity contribution >= 4 is 153 Å². The number of thiophene rings is 1. The van der Waals surface area contributed by atoms with Gasteiger partial charge in [0.05, 0.1) is 0 Å². The average molecular weight is 899 g/mol. The minimum atomic E-state index is 0.881. The summed E-state index contributed by atoms with van der Waals surface area (Å²) in [7, 11) is 0. The van der Waals surface area contributed by atoms with Crippen LogP contribution in [0, 0.1) is 0 Å². The first-order valence-corrected chi connectivity index (χ1v) is 24.2. The summed E-state index contributed by atoms with van der Waals surface area (Å²) < 4.78 is 15.1. The molecule has 0 radical (unpaired) electrons. The van der Waals surface area contributed by atoms with E-state index in [1.807, 2.05) is 35.6 Å². The number of hydrogen-bond acceptors (Lipinski definition) is 5. The first-order valence-electron chi connectivity index (χ1n) is 23.4. The van der Waals surface area contributed by atoms with Crippen LogP contribution in [0.25, 0.3) is 107 Å². The molecule has 0 spiro atoms. The predicted molar refractivity (Wildman–Crippen MR) is 293 cm³/mol. The summed E-state index contributed by atoms with van der Waals surface area (Å²) in [6.45, 7) is 0. The fourth-order valence-electron chi connectivity index (χ4n) is 10.9. The van der Waals surface area contributed by atoms with Gasteiger partial charge < -0.3 is 18.6 Å². The van der Waals surface area contributed by atoms with Crippen LogP contribution in [0.15, 0.2) is 239 Å². The van der Waals surface area contributed by atoms with E-state index in [2.05, 4.69) is 216 Å². The van der Waals surface area contributed by atoms with Crippen molar-refractivity contribution < 1.29 is 8.83 Å². The second kappa shape index (κ2) is 14.8. The Morgan fingerprint density at radius 3 is 1.25 bits per heavy atom. The molecule has 69 heavy (non-hydrogen) atoms. The van der Waals surface area contributed by atoms with Gasteiger partial charge in [-0.2, -0.15) is 0 Å². The molecule has 0 fully saturated rings. The first kappa shape index (κ1) is 38.2. The van der Waals surface area contributed by atoms with Crippen molar-refractivity contribution in [3.05, 3.63) is 231 Å². The van der Waals surface area contributed by atoms with E-state index in [4.69, 9.17) is 8.83 Å². The number of anilines is 6. The summed E-state index contributed by atoms with van der Waals surface area (Å²) in [6.07, 6.45) is 0. The molecule has 12 aromatic carbocycles. The van der Waals surface area contributed by atoms with Crippen LogP contribution in [0.5, 0.6) is 0 Å². The average Bonchev–Trinajstić information content (AvgIpc) is 4.10. The fraction of sp³-hybridized carbons (Fsp3) is 0. The standard InChI is InChI=1S/C64H38N2O2S/c1-3-13-41-33-43(23-21-39(41)11-1)65(46-27-31-60-56(36-46)50-16-7-9-19-58(50)67-60)45-25-29-53-55(35-45)49-15-5-6-18-52(49)63-54-30-26-48(38-62(54)69-64(53)63)66(44-24-22-40-12-2-4-14-42(40)34-44)47-28-32-61-57(37-47)51-17-8-10-20-59(51)68-61/h1-38H.